The molecule has 1 rings (SSSR count). The van der Waals surface area contributed by atoms with Gasteiger partial charge in [-0.05, 0) is 25.7 Å². The Morgan fingerprint density at radius 1 is 1.12 bits per heavy atom. The zero-order chi connectivity index (χ0) is 12.8. The minimum Gasteiger partial charge on any atom is -0.350 e. The van der Waals surface area contributed by atoms with E-state index in [1.165, 1.54) is 0 Å². The Bertz CT molecular complexity index is 356. The third-order valence-corrected chi connectivity index (χ3v) is 3.45. The smallest absolute Gasteiger partial charge is 0.243 e. The number of nitrogens with zero attached hydrogens (tertiary/aromatic N) is 3. The van der Waals surface area contributed by atoms with Crippen molar-refractivity contribution >= 4 is 17.5 Å². The molecule has 0 spiro atoms. The first-order chi connectivity index (χ1) is 8.12. The topological polar surface area (TPSA) is 50.7 Å². The fourth-order valence-corrected chi connectivity index (χ4v) is 1.75. The Balaban J connectivity index is 2.78. The number of rotatable bonds is 6. The number of anilines is 1. The average molecular weight is 257 g/mol. The van der Waals surface area contributed by atoms with E-state index in [-0.39, 0.29) is 6.04 Å². The summed E-state index contributed by atoms with van der Waals surface area (Å²) in [5.74, 6) is 1.59. The van der Waals surface area contributed by atoms with Crippen LogP contribution in [0.2, 0.25) is 0 Å². The fourth-order valence-electron chi connectivity index (χ4n) is 1.48. The van der Waals surface area contributed by atoms with Crippen molar-refractivity contribution in [3.05, 3.63) is 11.4 Å². The summed E-state index contributed by atoms with van der Waals surface area (Å²) >= 11 is 5.82. The van der Waals surface area contributed by atoms with E-state index in [0.717, 1.165) is 24.2 Å². The summed E-state index contributed by atoms with van der Waals surface area (Å²) in [5.41, 5.74) is 2.01. The molecule has 1 N–H and O–H groups in total. The van der Waals surface area contributed by atoms with Crippen LogP contribution in [0, 0.1) is 5.92 Å². The highest BCUT2D eigenvalue weighted by molar-refractivity contribution is 6.18. The van der Waals surface area contributed by atoms with Crippen molar-refractivity contribution in [3.8, 4) is 0 Å². The lowest BCUT2D eigenvalue weighted by atomic mass is 10.1. The average Bonchev–Trinajstić information content (AvgIpc) is 2.37. The maximum atomic E-state index is 5.82. The van der Waals surface area contributed by atoms with Crippen LogP contribution in [0.5, 0.6) is 0 Å². The largest absolute Gasteiger partial charge is 0.350 e. The van der Waals surface area contributed by atoms with Crippen molar-refractivity contribution in [3.63, 3.8) is 0 Å². The van der Waals surface area contributed by atoms with Crippen LogP contribution in [0.4, 0.5) is 5.95 Å². The molecule has 0 saturated heterocycles. The van der Waals surface area contributed by atoms with Crippen molar-refractivity contribution in [1.82, 2.24) is 15.2 Å². The number of hydrogen-bond donors (Lipinski definition) is 1. The molecule has 0 amide bonds. The van der Waals surface area contributed by atoms with Crippen molar-refractivity contribution < 1.29 is 0 Å². The summed E-state index contributed by atoms with van der Waals surface area (Å²) in [6.45, 7) is 8.32. The van der Waals surface area contributed by atoms with Gasteiger partial charge in [-0.3, -0.25) is 0 Å². The van der Waals surface area contributed by atoms with Gasteiger partial charge in [0.05, 0.1) is 11.4 Å². The van der Waals surface area contributed by atoms with Gasteiger partial charge < -0.3 is 5.32 Å². The molecule has 0 fully saturated rings. The van der Waals surface area contributed by atoms with Gasteiger partial charge in [0.15, 0.2) is 0 Å². The second kappa shape index (κ2) is 6.74. The van der Waals surface area contributed by atoms with E-state index in [1.54, 1.807) is 0 Å². The maximum Gasteiger partial charge on any atom is 0.243 e. The number of aryl methyl sites for hydroxylation is 2. The van der Waals surface area contributed by atoms with E-state index in [0.29, 0.717) is 17.7 Å². The first-order valence-corrected chi connectivity index (χ1v) is 6.70. The zero-order valence-electron chi connectivity index (χ0n) is 11.0. The predicted octanol–water partition coefficient (Wildman–Crippen LogP) is 2.67. The summed E-state index contributed by atoms with van der Waals surface area (Å²) in [4.78, 5) is 4.49. The molecule has 1 aromatic heterocycles. The second-order valence-corrected chi connectivity index (χ2v) is 4.61. The van der Waals surface area contributed by atoms with Crippen LogP contribution >= 0.6 is 11.6 Å². The van der Waals surface area contributed by atoms with Gasteiger partial charge in [-0.25, -0.2) is 4.98 Å². The summed E-state index contributed by atoms with van der Waals surface area (Å²) in [5, 5.41) is 11.5. The highest BCUT2D eigenvalue weighted by Crippen LogP contribution is 2.11. The van der Waals surface area contributed by atoms with Crippen LogP contribution in [0.1, 0.15) is 39.1 Å². The molecule has 0 aliphatic rings. The van der Waals surface area contributed by atoms with Gasteiger partial charge in [-0.15, -0.1) is 16.7 Å². The molecule has 17 heavy (non-hydrogen) atoms. The Morgan fingerprint density at radius 2 is 1.76 bits per heavy atom. The number of halogens is 1. The molecule has 4 nitrogen and oxygen atoms in total. The third-order valence-electron chi connectivity index (χ3n) is 2.96. The van der Waals surface area contributed by atoms with Gasteiger partial charge in [0.1, 0.15) is 0 Å². The van der Waals surface area contributed by atoms with Gasteiger partial charge in [-0.1, -0.05) is 20.8 Å². The first kappa shape index (κ1) is 14.2. The van der Waals surface area contributed by atoms with Gasteiger partial charge in [0.25, 0.3) is 0 Å². The molecule has 0 saturated carbocycles. The fraction of sp³-hybridized carbons (Fsp3) is 0.750. The SMILES string of the molecule is CCc1nnc(NC(C)C(C)CCl)nc1CC. The highest BCUT2D eigenvalue weighted by Gasteiger charge is 2.13. The maximum absolute atomic E-state index is 5.82. The number of nitrogens with one attached hydrogen (secondary N) is 1. The van der Waals surface area contributed by atoms with E-state index in [9.17, 15) is 0 Å². The molecular formula is C12H21ClN4. The molecule has 0 aromatic carbocycles. The van der Waals surface area contributed by atoms with Crippen molar-refractivity contribution in [2.45, 2.75) is 46.6 Å². The Morgan fingerprint density at radius 3 is 2.29 bits per heavy atom. The van der Waals surface area contributed by atoms with Crippen LogP contribution in [-0.4, -0.2) is 27.1 Å². The standard InChI is InChI=1S/C12H21ClN4/c1-5-10-11(6-2)16-17-12(15-10)14-9(4)8(3)7-13/h8-9H,5-7H2,1-4H3,(H,14,15,17). The van der Waals surface area contributed by atoms with Crippen LogP contribution in [0.15, 0.2) is 0 Å². The van der Waals surface area contributed by atoms with Crippen LogP contribution < -0.4 is 5.32 Å². The highest BCUT2D eigenvalue weighted by atomic mass is 35.5. The Kier molecular flexibility index (Phi) is 5.62. The van der Waals surface area contributed by atoms with E-state index in [4.69, 9.17) is 11.6 Å². The van der Waals surface area contributed by atoms with E-state index in [2.05, 4.69) is 48.2 Å². The molecular weight excluding hydrogens is 236 g/mol. The lowest BCUT2D eigenvalue weighted by Crippen LogP contribution is -2.26. The van der Waals surface area contributed by atoms with Crippen LogP contribution in [0.25, 0.3) is 0 Å². The molecule has 2 atom stereocenters. The summed E-state index contributed by atoms with van der Waals surface area (Å²) < 4.78 is 0. The number of alkyl halides is 1. The van der Waals surface area contributed by atoms with Gasteiger partial charge >= 0.3 is 0 Å². The van der Waals surface area contributed by atoms with Crippen LogP contribution in [-0.2, 0) is 12.8 Å². The number of hydrogen-bond acceptors (Lipinski definition) is 4. The van der Waals surface area contributed by atoms with Gasteiger partial charge in [-0.2, -0.15) is 5.10 Å². The van der Waals surface area contributed by atoms with E-state index >= 15 is 0 Å². The summed E-state index contributed by atoms with van der Waals surface area (Å²) in [6, 6.07) is 0.242. The molecule has 96 valence electrons. The van der Waals surface area contributed by atoms with Gasteiger partial charge in [0.2, 0.25) is 5.95 Å². The summed E-state index contributed by atoms with van der Waals surface area (Å²) in [6.07, 6.45) is 1.75. The lowest BCUT2D eigenvalue weighted by Gasteiger charge is -2.19. The third kappa shape index (κ3) is 3.80. The molecule has 0 radical (unpaired) electrons. The quantitative estimate of drug-likeness (QED) is 0.795. The van der Waals surface area contributed by atoms with Crippen molar-refractivity contribution in [2.75, 3.05) is 11.2 Å². The van der Waals surface area contributed by atoms with Crippen LogP contribution in [0.3, 0.4) is 0 Å². The first-order valence-electron chi connectivity index (χ1n) is 6.17. The van der Waals surface area contributed by atoms with Gasteiger partial charge in [0, 0.05) is 11.9 Å². The van der Waals surface area contributed by atoms with Crippen molar-refractivity contribution in [2.24, 2.45) is 5.92 Å². The number of aromatic nitrogens is 3. The molecule has 5 heteroatoms. The summed E-state index contributed by atoms with van der Waals surface area (Å²) in [7, 11) is 0. The molecule has 1 aromatic rings. The Hall–Kier alpha value is -0.900. The zero-order valence-corrected chi connectivity index (χ0v) is 11.8. The minimum absolute atomic E-state index is 0.242. The van der Waals surface area contributed by atoms with Crippen molar-refractivity contribution in [1.29, 1.82) is 0 Å². The molecule has 0 aliphatic carbocycles. The Labute approximate surface area is 108 Å². The molecule has 2 unspecified atom stereocenters. The molecule has 0 aliphatic heterocycles. The minimum atomic E-state index is 0.242. The monoisotopic (exact) mass is 256 g/mol. The molecule has 0 bridgehead atoms. The normalized spacial score (nSPS) is 14.4. The second-order valence-electron chi connectivity index (χ2n) is 4.30. The predicted molar refractivity (Wildman–Crippen MR) is 71.6 cm³/mol. The molecule has 1 heterocycles. The van der Waals surface area contributed by atoms with E-state index in [1.807, 2.05) is 0 Å². The van der Waals surface area contributed by atoms with E-state index < -0.39 is 0 Å². The lowest BCUT2D eigenvalue weighted by molar-refractivity contribution is 0.560.